The van der Waals surface area contributed by atoms with Crippen LogP contribution in [-0.4, -0.2) is 67.2 Å². The molecule has 0 atom stereocenters. The number of rotatable bonds is 6. The molecule has 30 heavy (non-hydrogen) atoms. The fraction of sp³-hybridized carbons (Fsp3) is 0.391. The number of aromatic amines is 1. The number of piperazine rings is 1. The summed E-state index contributed by atoms with van der Waals surface area (Å²) in [6, 6.07) is 16.3. The summed E-state index contributed by atoms with van der Waals surface area (Å²) in [5.41, 5.74) is 3.25. The van der Waals surface area contributed by atoms with E-state index >= 15 is 0 Å². The number of H-pyrrole nitrogens is 1. The van der Waals surface area contributed by atoms with Gasteiger partial charge >= 0.3 is 0 Å². The van der Waals surface area contributed by atoms with Gasteiger partial charge in [0.25, 0.3) is 0 Å². The molecule has 1 aromatic heterocycles. The summed E-state index contributed by atoms with van der Waals surface area (Å²) in [4.78, 5) is 17.6. The van der Waals surface area contributed by atoms with Crippen molar-refractivity contribution in [3.63, 3.8) is 0 Å². The van der Waals surface area contributed by atoms with Gasteiger partial charge in [0.1, 0.15) is 11.6 Å². The van der Waals surface area contributed by atoms with Gasteiger partial charge in [0.05, 0.1) is 23.8 Å². The molecule has 7 heteroatoms. The van der Waals surface area contributed by atoms with Crippen molar-refractivity contribution in [1.29, 1.82) is 0 Å². The number of guanidine groups is 1. The number of ether oxygens (including phenoxy) is 1. The van der Waals surface area contributed by atoms with E-state index < -0.39 is 0 Å². The summed E-state index contributed by atoms with van der Waals surface area (Å²) in [6.45, 7) is 7.40. The summed E-state index contributed by atoms with van der Waals surface area (Å²) in [7, 11) is 1.73. The van der Waals surface area contributed by atoms with Gasteiger partial charge in [-0.25, -0.2) is 4.98 Å². The predicted octanol–water partition coefficient (Wildman–Crippen LogP) is 2.90. The molecule has 1 fully saturated rings. The van der Waals surface area contributed by atoms with Crippen LogP contribution < -0.4 is 15.0 Å². The van der Waals surface area contributed by atoms with Crippen molar-refractivity contribution in [3.8, 4) is 5.75 Å². The van der Waals surface area contributed by atoms with E-state index in [1.165, 1.54) is 0 Å². The zero-order chi connectivity index (χ0) is 20.8. The highest BCUT2D eigenvalue weighted by atomic mass is 16.5. The number of imidazole rings is 1. The summed E-state index contributed by atoms with van der Waals surface area (Å²) in [6.07, 6.45) is 0.796. The Morgan fingerprint density at radius 1 is 1.10 bits per heavy atom. The van der Waals surface area contributed by atoms with Crippen LogP contribution in [0.2, 0.25) is 0 Å². The van der Waals surface area contributed by atoms with Gasteiger partial charge in [-0.05, 0) is 31.2 Å². The van der Waals surface area contributed by atoms with E-state index in [0.717, 1.165) is 73.4 Å². The molecule has 0 aliphatic carbocycles. The number of benzene rings is 2. The van der Waals surface area contributed by atoms with Crippen LogP contribution in [0.3, 0.4) is 0 Å². The molecule has 7 nitrogen and oxygen atoms in total. The van der Waals surface area contributed by atoms with Crippen LogP contribution in [-0.2, 0) is 6.42 Å². The quantitative estimate of drug-likeness (QED) is 0.487. The van der Waals surface area contributed by atoms with Gasteiger partial charge < -0.3 is 24.8 Å². The van der Waals surface area contributed by atoms with E-state index in [4.69, 9.17) is 9.73 Å². The standard InChI is InChI=1S/C23H30N6O/c1-3-24-23(25-13-12-22-26-18-8-4-5-9-19(18)27-22)29-16-14-28(15-17-29)20-10-6-7-11-21(20)30-2/h4-11H,3,12-17H2,1-2H3,(H,24,25)(H,26,27). The van der Waals surface area contributed by atoms with Crippen molar-refractivity contribution in [1.82, 2.24) is 20.2 Å². The van der Waals surface area contributed by atoms with Gasteiger partial charge in [0.2, 0.25) is 0 Å². The largest absolute Gasteiger partial charge is 0.495 e. The molecular formula is C23H30N6O. The Bertz CT molecular complexity index is 957. The Kier molecular flexibility index (Phi) is 6.37. The maximum atomic E-state index is 5.53. The van der Waals surface area contributed by atoms with Gasteiger partial charge in [0, 0.05) is 45.7 Å². The molecule has 2 N–H and O–H groups in total. The topological polar surface area (TPSA) is 68.8 Å². The third kappa shape index (κ3) is 4.50. The van der Waals surface area contributed by atoms with Gasteiger partial charge in [0.15, 0.2) is 5.96 Å². The molecule has 2 heterocycles. The van der Waals surface area contributed by atoms with Crippen molar-refractivity contribution in [2.45, 2.75) is 13.3 Å². The second-order valence-electron chi connectivity index (χ2n) is 7.33. The zero-order valence-electron chi connectivity index (χ0n) is 17.8. The van der Waals surface area contributed by atoms with Crippen LogP contribution in [0, 0.1) is 0 Å². The van der Waals surface area contributed by atoms with Crippen LogP contribution >= 0.6 is 0 Å². The molecular weight excluding hydrogens is 376 g/mol. The summed E-state index contributed by atoms with van der Waals surface area (Å²) < 4.78 is 5.53. The normalized spacial score (nSPS) is 14.9. The first-order chi connectivity index (χ1) is 14.8. The molecule has 1 aliphatic rings. The van der Waals surface area contributed by atoms with Crippen LogP contribution in [0.15, 0.2) is 53.5 Å². The summed E-state index contributed by atoms with van der Waals surface area (Å²) in [5.74, 6) is 2.89. The second-order valence-corrected chi connectivity index (χ2v) is 7.33. The lowest BCUT2D eigenvalue weighted by atomic mass is 10.2. The highest BCUT2D eigenvalue weighted by molar-refractivity contribution is 5.80. The first-order valence-electron chi connectivity index (χ1n) is 10.6. The lowest BCUT2D eigenvalue weighted by molar-refractivity contribution is 0.367. The minimum absolute atomic E-state index is 0.703. The van der Waals surface area contributed by atoms with Gasteiger partial charge in [-0.3, -0.25) is 4.99 Å². The van der Waals surface area contributed by atoms with E-state index in [1.54, 1.807) is 7.11 Å². The minimum Gasteiger partial charge on any atom is -0.495 e. The summed E-state index contributed by atoms with van der Waals surface area (Å²) in [5, 5.41) is 3.44. The molecule has 4 rings (SSSR count). The van der Waals surface area contributed by atoms with Crippen molar-refractivity contribution in [3.05, 3.63) is 54.4 Å². The molecule has 0 bridgehead atoms. The number of fused-ring (bicyclic) bond motifs is 1. The molecule has 0 spiro atoms. The lowest BCUT2D eigenvalue weighted by Crippen LogP contribution is -2.52. The highest BCUT2D eigenvalue weighted by Crippen LogP contribution is 2.28. The van der Waals surface area contributed by atoms with Crippen LogP contribution in [0.5, 0.6) is 5.75 Å². The molecule has 0 amide bonds. The molecule has 0 radical (unpaired) electrons. The highest BCUT2D eigenvalue weighted by Gasteiger charge is 2.21. The maximum Gasteiger partial charge on any atom is 0.194 e. The minimum atomic E-state index is 0.703. The maximum absolute atomic E-state index is 5.53. The average molecular weight is 407 g/mol. The molecule has 1 saturated heterocycles. The third-order valence-corrected chi connectivity index (χ3v) is 5.39. The number of nitrogens with one attached hydrogen (secondary N) is 2. The summed E-state index contributed by atoms with van der Waals surface area (Å²) >= 11 is 0. The van der Waals surface area contributed by atoms with E-state index in [1.807, 2.05) is 30.3 Å². The van der Waals surface area contributed by atoms with E-state index in [9.17, 15) is 0 Å². The van der Waals surface area contributed by atoms with Gasteiger partial charge in [-0.15, -0.1) is 0 Å². The Hall–Kier alpha value is -3.22. The van der Waals surface area contributed by atoms with E-state index in [2.05, 4.69) is 50.2 Å². The number of aliphatic imine (C=N–C) groups is 1. The van der Waals surface area contributed by atoms with Crippen molar-refractivity contribution in [2.75, 3.05) is 51.3 Å². The Balaban J connectivity index is 1.37. The number of para-hydroxylation sites is 4. The Morgan fingerprint density at radius 3 is 2.63 bits per heavy atom. The fourth-order valence-electron chi connectivity index (χ4n) is 3.87. The number of aromatic nitrogens is 2. The second kappa shape index (κ2) is 9.52. The van der Waals surface area contributed by atoms with Gasteiger partial charge in [-0.1, -0.05) is 24.3 Å². The number of hydrogen-bond donors (Lipinski definition) is 2. The Labute approximate surface area is 177 Å². The molecule has 3 aromatic rings. The predicted molar refractivity (Wildman–Crippen MR) is 123 cm³/mol. The van der Waals surface area contributed by atoms with Crippen molar-refractivity contribution >= 4 is 22.7 Å². The number of methoxy groups -OCH3 is 1. The first-order valence-corrected chi connectivity index (χ1v) is 10.6. The van der Waals surface area contributed by atoms with Crippen LogP contribution in [0.4, 0.5) is 5.69 Å². The van der Waals surface area contributed by atoms with Crippen molar-refractivity contribution < 1.29 is 4.74 Å². The molecule has 0 saturated carbocycles. The lowest BCUT2D eigenvalue weighted by Gasteiger charge is -2.38. The van der Waals surface area contributed by atoms with Gasteiger partial charge in [-0.2, -0.15) is 0 Å². The molecule has 0 unspecified atom stereocenters. The fourth-order valence-corrected chi connectivity index (χ4v) is 3.87. The number of hydrogen-bond acceptors (Lipinski definition) is 4. The van der Waals surface area contributed by atoms with E-state index in [-0.39, 0.29) is 0 Å². The average Bonchev–Trinajstić information content (AvgIpc) is 3.21. The van der Waals surface area contributed by atoms with Crippen molar-refractivity contribution in [2.24, 2.45) is 4.99 Å². The monoisotopic (exact) mass is 406 g/mol. The number of nitrogens with zero attached hydrogens (tertiary/aromatic N) is 4. The third-order valence-electron chi connectivity index (χ3n) is 5.39. The molecule has 1 aliphatic heterocycles. The smallest absolute Gasteiger partial charge is 0.194 e. The van der Waals surface area contributed by atoms with Crippen LogP contribution in [0.1, 0.15) is 12.7 Å². The molecule has 158 valence electrons. The zero-order valence-corrected chi connectivity index (χ0v) is 17.8. The SMILES string of the molecule is CCNC(=NCCc1nc2ccccc2[nH]1)N1CCN(c2ccccc2OC)CC1. The Morgan fingerprint density at radius 2 is 1.87 bits per heavy atom. The number of anilines is 1. The van der Waals surface area contributed by atoms with E-state index in [0.29, 0.717) is 6.54 Å². The first kappa shape index (κ1) is 20.1. The molecule has 2 aromatic carbocycles. The van der Waals surface area contributed by atoms with Crippen LogP contribution in [0.25, 0.3) is 11.0 Å².